The highest BCUT2D eigenvalue weighted by molar-refractivity contribution is 6.30. The van der Waals surface area contributed by atoms with Crippen LogP contribution in [0.3, 0.4) is 0 Å². The maximum absolute atomic E-state index is 9.05. The SMILES string of the molecule is N#Cc1cc(Cl)ccc1OC[C@H](O)CO. The first kappa shape index (κ1) is 11.8. The van der Waals surface area contributed by atoms with Crippen molar-refractivity contribution in [3.8, 4) is 11.8 Å². The first-order valence-corrected chi connectivity index (χ1v) is 4.66. The Morgan fingerprint density at radius 3 is 2.87 bits per heavy atom. The molecule has 4 nitrogen and oxygen atoms in total. The highest BCUT2D eigenvalue weighted by atomic mass is 35.5. The van der Waals surface area contributed by atoms with Crippen LogP contribution in [-0.2, 0) is 0 Å². The molecule has 15 heavy (non-hydrogen) atoms. The molecule has 5 heteroatoms. The summed E-state index contributed by atoms with van der Waals surface area (Å²) in [5.41, 5.74) is 0.299. The predicted molar refractivity (Wildman–Crippen MR) is 54.8 cm³/mol. The fraction of sp³-hybridized carbons (Fsp3) is 0.300. The predicted octanol–water partition coefficient (Wildman–Crippen LogP) is 0.944. The molecule has 0 saturated carbocycles. The molecule has 1 rings (SSSR count). The summed E-state index contributed by atoms with van der Waals surface area (Å²) >= 11 is 5.69. The van der Waals surface area contributed by atoms with Crippen molar-refractivity contribution < 1.29 is 14.9 Å². The topological polar surface area (TPSA) is 73.5 Å². The van der Waals surface area contributed by atoms with Crippen LogP contribution < -0.4 is 4.74 Å². The van der Waals surface area contributed by atoms with Gasteiger partial charge >= 0.3 is 0 Å². The van der Waals surface area contributed by atoms with Crippen molar-refractivity contribution in [2.24, 2.45) is 0 Å². The normalized spacial score (nSPS) is 11.9. The smallest absolute Gasteiger partial charge is 0.137 e. The van der Waals surface area contributed by atoms with Gasteiger partial charge in [-0.05, 0) is 18.2 Å². The maximum atomic E-state index is 9.05. The van der Waals surface area contributed by atoms with E-state index in [-0.39, 0.29) is 13.2 Å². The molecule has 0 amide bonds. The van der Waals surface area contributed by atoms with Gasteiger partial charge in [0.15, 0.2) is 0 Å². The summed E-state index contributed by atoms with van der Waals surface area (Å²) < 4.78 is 5.14. The highest BCUT2D eigenvalue weighted by Crippen LogP contribution is 2.21. The van der Waals surface area contributed by atoms with Crippen molar-refractivity contribution in [1.82, 2.24) is 0 Å². The second kappa shape index (κ2) is 5.56. The highest BCUT2D eigenvalue weighted by Gasteiger charge is 2.07. The monoisotopic (exact) mass is 227 g/mol. The number of benzene rings is 1. The number of rotatable bonds is 4. The Balaban J connectivity index is 2.73. The van der Waals surface area contributed by atoms with Crippen molar-refractivity contribution in [3.05, 3.63) is 28.8 Å². The molecule has 0 heterocycles. The van der Waals surface area contributed by atoms with E-state index < -0.39 is 6.10 Å². The van der Waals surface area contributed by atoms with E-state index in [0.29, 0.717) is 16.3 Å². The molecule has 0 spiro atoms. The number of nitrogens with zero attached hydrogens (tertiary/aromatic N) is 1. The first-order chi connectivity index (χ1) is 7.17. The number of nitriles is 1. The molecule has 80 valence electrons. The summed E-state index contributed by atoms with van der Waals surface area (Å²) in [6.45, 7) is -0.442. The summed E-state index contributed by atoms with van der Waals surface area (Å²) in [6, 6.07) is 6.53. The average molecular weight is 228 g/mol. The molecule has 0 aliphatic rings. The van der Waals surface area contributed by atoms with Gasteiger partial charge in [-0.15, -0.1) is 0 Å². The Kier molecular flexibility index (Phi) is 4.37. The van der Waals surface area contributed by atoms with Crippen molar-refractivity contribution in [1.29, 1.82) is 5.26 Å². The van der Waals surface area contributed by atoms with E-state index >= 15 is 0 Å². The van der Waals surface area contributed by atoms with Crippen LogP contribution in [0.25, 0.3) is 0 Å². The van der Waals surface area contributed by atoms with Crippen LogP contribution >= 0.6 is 11.6 Å². The van der Waals surface area contributed by atoms with Gasteiger partial charge < -0.3 is 14.9 Å². The molecular formula is C10H10ClNO3. The van der Waals surface area contributed by atoms with Gasteiger partial charge in [0, 0.05) is 5.02 Å². The van der Waals surface area contributed by atoms with Gasteiger partial charge in [0.1, 0.15) is 24.5 Å². The molecule has 0 fully saturated rings. The summed E-state index contributed by atoms with van der Waals surface area (Å²) in [5, 5.41) is 26.8. The molecule has 0 aromatic heterocycles. The van der Waals surface area contributed by atoms with E-state index in [9.17, 15) is 0 Å². The Morgan fingerprint density at radius 2 is 2.27 bits per heavy atom. The van der Waals surface area contributed by atoms with Crippen molar-refractivity contribution in [3.63, 3.8) is 0 Å². The van der Waals surface area contributed by atoms with Crippen molar-refractivity contribution >= 4 is 11.6 Å². The molecule has 1 aromatic carbocycles. The number of hydrogen-bond donors (Lipinski definition) is 2. The quantitative estimate of drug-likeness (QED) is 0.803. The third-order valence-electron chi connectivity index (χ3n) is 1.70. The standard InChI is InChI=1S/C10H10ClNO3/c11-8-1-2-10(7(3-8)4-12)15-6-9(14)5-13/h1-3,9,13-14H,5-6H2/t9-/m1/s1. The van der Waals surface area contributed by atoms with Crippen LogP contribution in [0.4, 0.5) is 0 Å². The lowest BCUT2D eigenvalue weighted by molar-refractivity contribution is 0.0535. The van der Waals surface area contributed by atoms with Gasteiger partial charge in [-0.25, -0.2) is 0 Å². The Hall–Kier alpha value is -1.28. The lowest BCUT2D eigenvalue weighted by Gasteiger charge is -2.10. The first-order valence-electron chi connectivity index (χ1n) is 4.28. The minimum absolute atomic E-state index is 0.0627. The molecule has 0 radical (unpaired) electrons. The van der Waals surface area contributed by atoms with Gasteiger partial charge in [-0.3, -0.25) is 0 Å². The van der Waals surface area contributed by atoms with Crippen LogP contribution in [0.5, 0.6) is 5.75 Å². The molecule has 1 aromatic rings. The zero-order chi connectivity index (χ0) is 11.3. The number of hydrogen-bond acceptors (Lipinski definition) is 4. The molecule has 0 saturated heterocycles. The number of aliphatic hydroxyl groups excluding tert-OH is 2. The van der Waals surface area contributed by atoms with E-state index in [1.54, 1.807) is 12.1 Å². The van der Waals surface area contributed by atoms with Crippen LogP contribution in [0.1, 0.15) is 5.56 Å². The van der Waals surface area contributed by atoms with Crippen LogP contribution in [0, 0.1) is 11.3 Å². The summed E-state index contributed by atoms with van der Waals surface area (Å²) in [7, 11) is 0. The fourth-order valence-corrected chi connectivity index (χ4v) is 1.13. The summed E-state index contributed by atoms with van der Waals surface area (Å²) in [5.74, 6) is 0.342. The molecule has 0 aliphatic heterocycles. The van der Waals surface area contributed by atoms with Gasteiger partial charge in [0.2, 0.25) is 0 Å². The Bertz CT molecular complexity index is 375. The minimum Gasteiger partial charge on any atom is -0.489 e. The summed E-state index contributed by atoms with van der Waals surface area (Å²) in [6.07, 6.45) is -0.952. The second-order valence-electron chi connectivity index (χ2n) is 2.90. The van der Waals surface area contributed by atoms with Crippen LogP contribution in [0.2, 0.25) is 5.02 Å². The van der Waals surface area contributed by atoms with Crippen molar-refractivity contribution in [2.75, 3.05) is 13.2 Å². The molecule has 2 N–H and O–H groups in total. The number of halogens is 1. The largest absolute Gasteiger partial charge is 0.489 e. The van der Waals surface area contributed by atoms with Gasteiger partial charge in [0.05, 0.1) is 12.2 Å². The zero-order valence-electron chi connectivity index (χ0n) is 7.85. The van der Waals surface area contributed by atoms with Gasteiger partial charge in [-0.1, -0.05) is 11.6 Å². The third-order valence-corrected chi connectivity index (χ3v) is 1.94. The molecule has 0 unspecified atom stereocenters. The van der Waals surface area contributed by atoms with E-state index in [0.717, 1.165) is 0 Å². The van der Waals surface area contributed by atoms with E-state index in [2.05, 4.69) is 0 Å². The summed E-state index contributed by atoms with van der Waals surface area (Å²) in [4.78, 5) is 0. The van der Waals surface area contributed by atoms with E-state index in [1.165, 1.54) is 6.07 Å². The number of aliphatic hydroxyl groups is 2. The van der Waals surface area contributed by atoms with E-state index in [1.807, 2.05) is 6.07 Å². The third kappa shape index (κ3) is 3.40. The minimum atomic E-state index is -0.952. The molecule has 0 bridgehead atoms. The second-order valence-corrected chi connectivity index (χ2v) is 3.34. The fourth-order valence-electron chi connectivity index (χ4n) is 0.954. The lowest BCUT2D eigenvalue weighted by Crippen LogP contribution is -2.21. The maximum Gasteiger partial charge on any atom is 0.137 e. The lowest BCUT2D eigenvalue weighted by atomic mass is 10.2. The molecular weight excluding hydrogens is 218 g/mol. The zero-order valence-corrected chi connectivity index (χ0v) is 8.61. The Morgan fingerprint density at radius 1 is 1.53 bits per heavy atom. The average Bonchev–Trinajstić information content (AvgIpc) is 2.26. The van der Waals surface area contributed by atoms with Crippen molar-refractivity contribution in [2.45, 2.75) is 6.10 Å². The Labute approximate surface area is 92.3 Å². The molecule has 1 atom stereocenters. The van der Waals surface area contributed by atoms with Gasteiger partial charge in [0.25, 0.3) is 0 Å². The van der Waals surface area contributed by atoms with Gasteiger partial charge in [-0.2, -0.15) is 5.26 Å². The number of ether oxygens (including phenoxy) is 1. The molecule has 0 aliphatic carbocycles. The van der Waals surface area contributed by atoms with Crippen LogP contribution in [0.15, 0.2) is 18.2 Å². The van der Waals surface area contributed by atoms with Crippen LogP contribution in [-0.4, -0.2) is 29.5 Å². The van der Waals surface area contributed by atoms with E-state index in [4.69, 9.17) is 31.8 Å².